The second-order valence-corrected chi connectivity index (χ2v) is 10.1. The monoisotopic (exact) mass is 489 g/mol. The number of rotatable bonds is 8. The first-order chi connectivity index (χ1) is 16.8. The number of carbonyl (C=O) groups is 1. The van der Waals surface area contributed by atoms with Crippen molar-refractivity contribution in [2.75, 3.05) is 18.0 Å². The van der Waals surface area contributed by atoms with Crippen molar-refractivity contribution in [1.82, 2.24) is 10.3 Å². The van der Waals surface area contributed by atoms with Crippen molar-refractivity contribution >= 4 is 32.5 Å². The summed E-state index contributed by atoms with van der Waals surface area (Å²) in [6, 6.07) is 22.5. The van der Waals surface area contributed by atoms with Gasteiger partial charge in [0, 0.05) is 11.6 Å². The lowest BCUT2D eigenvalue weighted by atomic mass is 10.1. The normalized spacial score (nSPS) is 12.2. The van der Waals surface area contributed by atoms with Crippen LogP contribution in [0.25, 0.3) is 10.9 Å². The molecule has 0 aliphatic heterocycles. The number of nitrogens with one attached hydrogen (secondary N) is 1. The van der Waals surface area contributed by atoms with E-state index in [0.717, 1.165) is 20.8 Å². The first kappa shape index (κ1) is 24.2. The van der Waals surface area contributed by atoms with Crippen LogP contribution in [-0.2, 0) is 14.8 Å². The summed E-state index contributed by atoms with van der Waals surface area (Å²) in [5.74, 6) is 0.281. The molecule has 1 aromatic heterocycles. The zero-order valence-corrected chi connectivity index (χ0v) is 20.6. The highest BCUT2D eigenvalue weighted by Gasteiger charge is 2.29. The Hall–Kier alpha value is -3.91. The first-order valence-corrected chi connectivity index (χ1v) is 12.6. The molecule has 4 aromatic rings. The maximum absolute atomic E-state index is 13.8. The quantitative estimate of drug-likeness (QED) is 0.390. The lowest BCUT2D eigenvalue weighted by molar-refractivity contribution is -0.120. The van der Waals surface area contributed by atoms with Crippen LogP contribution in [0.1, 0.15) is 24.1 Å². The lowest BCUT2D eigenvalue weighted by Crippen LogP contribution is -2.41. The van der Waals surface area contributed by atoms with Crippen molar-refractivity contribution < 1.29 is 17.9 Å². The summed E-state index contributed by atoms with van der Waals surface area (Å²) in [7, 11) is -2.46. The average Bonchev–Trinajstić information content (AvgIpc) is 2.87. The highest BCUT2D eigenvalue weighted by molar-refractivity contribution is 7.92. The molecule has 0 saturated carbocycles. The van der Waals surface area contributed by atoms with Crippen LogP contribution in [-0.4, -0.2) is 33.0 Å². The van der Waals surface area contributed by atoms with Crippen LogP contribution in [0.4, 0.5) is 5.69 Å². The summed E-state index contributed by atoms with van der Waals surface area (Å²) < 4.78 is 33.8. The Balaban J connectivity index is 1.69. The maximum atomic E-state index is 13.8. The number of aryl methyl sites for hydroxylation is 1. The van der Waals surface area contributed by atoms with E-state index in [4.69, 9.17) is 4.74 Å². The molecule has 1 heterocycles. The zero-order chi connectivity index (χ0) is 25.0. The van der Waals surface area contributed by atoms with E-state index in [1.807, 2.05) is 50.2 Å². The van der Waals surface area contributed by atoms with E-state index in [2.05, 4.69) is 10.3 Å². The van der Waals surface area contributed by atoms with Crippen LogP contribution in [0.3, 0.4) is 0 Å². The molecule has 0 spiro atoms. The van der Waals surface area contributed by atoms with E-state index in [1.165, 1.54) is 0 Å². The number of fused-ring (bicyclic) bond motifs is 1. The van der Waals surface area contributed by atoms with Crippen LogP contribution < -0.4 is 14.4 Å². The fourth-order valence-corrected chi connectivity index (χ4v) is 5.25. The summed E-state index contributed by atoms with van der Waals surface area (Å²) in [6.45, 7) is 3.33. The number of ether oxygens (including phenoxy) is 1. The van der Waals surface area contributed by atoms with Gasteiger partial charge in [-0.2, -0.15) is 0 Å². The Morgan fingerprint density at radius 2 is 1.69 bits per heavy atom. The number of pyridine rings is 1. The van der Waals surface area contributed by atoms with Crippen LogP contribution >= 0.6 is 0 Å². The average molecular weight is 490 g/mol. The maximum Gasteiger partial charge on any atom is 0.264 e. The molecule has 3 aromatic carbocycles. The molecule has 1 amide bonds. The number of benzene rings is 3. The standard InChI is InChI=1S/C27H27N3O4S/c1-19-9-15-24(16-10-19)35(32,33)30(25-8-4-6-22-7-5-17-28-27(22)25)18-26(31)29-20(2)21-11-13-23(34-3)14-12-21/h4-17,20H,18H2,1-3H3,(H,29,31). The number of anilines is 1. The summed E-state index contributed by atoms with van der Waals surface area (Å²) >= 11 is 0. The molecular weight excluding hydrogens is 462 g/mol. The molecular formula is C27H27N3O4S. The van der Waals surface area contributed by atoms with Crippen LogP contribution in [0.5, 0.6) is 5.75 Å². The zero-order valence-electron chi connectivity index (χ0n) is 19.8. The van der Waals surface area contributed by atoms with Gasteiger partial charge in [-0.3, -0.25) is 14.1 Å². The van der Waals surface area contributed by atoms with Gasteiger partial charge in [-0.25, -0.2) is 8.42 Å². The van der Waals surface area contributed by atoms with Gasteiger partial charge < -0.3 is 10.1 Å². The number of aromatic nitrogens is 1. The Morgan fingerprint density at radius 1 is 1.00 bits per heavy atom. The molecule has 0 radical (unpaired) electrons. The Morgan fingerprint density at radius 3 is 2.37 bits per heavy atom. The number of methoxy groups -OCH3 is 1. The summed E-state index contributed by atoms with van der Waals surface area (Å²) in [5.41, 5.74) is 2.66. The number of sulfonamides is 1. The molecule has 0 aliphatic rings. The number of hydrogen-bond donors (Lipinski definition) is 1. The largest absolute Gasteiger partial charge is 0.497 e. The smallest absolute Gasteiger partial charge is 0.264 e. The number of hydrogen-bond acceptors (Lipinski definition) is 5. The molecule has 0 fully saturated rings. The molecule has 1 N–H and O–H groups in total. The molecule has 0 bridgehead atoms. The third-order valence-corrected chi connectivity index (χ3v) is 7.54. The highest BCUT2D eigenvalue weighted by Crippen LogP contribution is 2.30. The van der Waals surface area contributed by atoms with Crippen molar-refractivity contribution in [3.05, 3.63) is 96.2 Å². The van der Waals surface area contributed by atoms with Crippen molar-refractivity contribution in [3.8, 4) is 5.75 Å². The van der Waals surface area contributed by atoms with E-state index in [-0.39, 0.29) is 10.9 Å². The lowest BCUT2D eigenvalue weighted by Gasteiger charge is -2.26. The molecule has 4 rings (SSSR count). The molecule has 0 aliphatic carbocycles. The van der Waals surface area contributed by atoms with Crippen LogP contribution in [0, 0.1) is 6.92 Å². The minimum absolute atomic E-state index is 0.104. The Bertz CT molecular complexity index is 1430. The van der Waals surface area contributed by atoms with Gasteiger partial charge in [0.2, 0.25) is 5.91 Å². The molecule has 0 saturated heterocycles. The first-order valence-electron chi connectivity index (χ1n) is 11.2. The van der Waals surface area contributed by atoms with Crippen molar-refractivity contribution in [2.45, 2.75) is 24.8 Å². The number of carbonyl (C=O) groups excluding carboxylic acids is 1. The SMILES string of the molecule is COc1ccc(C(C)NC(=O)CN(c2cccc3cccnc23)S(=O)(=O)c2ccc(C)cc2)cc1. The van der Waals surface area contributed by atoms with Crippen molar-refractivity contribution in [1.29, 1.82) is 0 Å². The van der Waals surface area contributed by atoms with Crippen LogP contribution in [0.2, 0.25) is 0 Å². The van der Waals surface area contributed by atoms with E-state index < -0.39 is 22.5 Å². The van der Waals surface area contributed by atoms with Gasteiger partial charge in [0.15, 0.2) is 0 Å². The topological polar surface area (TPSA) is 88.6 Å². The summed E-state index contributed by atoms with van der Waals surface area (Å²) in [6.07, 6.45) is 1.61. The van der Waals surface area contributed by atoms with Crippen molar-refractivity contribution in [2.24, 2.45) is 0 Å². The van der Waals surface area contributed by atoms with E-state index in [0.29, 0.717) is 17.0 Å². The van der Waals surface area contributed by atoms with Crippen molar-refractivity contribution in [3.63, 3.8) is 0 Å². The van der Waals surface area contributed by atoms with Gasteiger partial charge >= 0.3 is 0 Å². The van der Waals surface area contributed by atoms with Gasteiger partial charge in [-0.15, -0.1) is 0 Å². The fraction of sp³-hybridized carbons (Fsp3) is 0.185. The molecule has 8 heteroatoms. The number of amides is 1. The van der Waals surface area contributed by atoms with Gasteiger partial charge in [-0.1, -0.05) is 48.0 Å². The molecule has 35 heavy (non-hydrogen) atoms. The van der Waals surface area contributed by atoms with Gasteiger partial charge in [0.1, 0.15) is 12.3 Å². The van der Waals surface area contributed by atoms with Crippen LogP contribution in [0.15, 0.2) is 90.0 Å². The number of nitrogens with zero attached hydrogens (tertiary/aromatic N) is 2. The molecule has 7 nitrogen and oxygen atoms in total. The minimum atomic E-state index is -4.05. The third kappa shape index (κ3) is 5.27. The second-order valence-electron chi connectivity index (χ2n) is 8.24. The van der Waals surface area contributed by atoms with Gasteiger partial charge in [-0.05, 0) is 55.8 Å². The summed E-state index contributed by atoms with van der Waals surface area (Å²) in [4.78, 5) is 17.6. The Kier molecular flexibility index (Phi) is 7.02. The predicted octanol–water partition coefficient (Wildman–Crippen LogP) is 4.62. The molecule has 180 valence electrons. The highest BCUT2D eigenvalue weighted by atomic mass is 32.2. The van der Waals surface area contributed by atoms with Gasteiger partial charge in [0.05, 0.1) is 29.3 Å². The second kappa shape index (κ2) is 10.1. The molecule has 1 atom stereocenters. The van der Waals surface area contributed by atoms with Gasteiger partial charge in [0.25, 0.3) is 10.0 Å². The van der Waals surface area contributed by atoms with E-state index in [9.17, 15) is 13.2 Å². The van der Waals surface area contributed by atoms with E-state index >= 15 is 0 Å². The molecule has 1 unspecified atom stereocenters. The fourth-order valence-electron chi connectivity index (χ4n) is 3.82. The number of para-hydroxylation sites is 1. The minimum Gasteiger partial charge on any atom is -0.497 e. The Labute approximate surface area is 205 Å². The third-order valence-electron chi connectivity index (χ3n) is 5.77. The van der Waals surface area contributed by atoms with E-state index in [1.54, 1.807) is 55.8 Å². The predicted molar refractivity (Wildman–Crippen MR) is 137 cm³/mol. The summed E-state index contributed by atoms with van der Waals surface area (Å²) in [5, 5.41) is 3.69.